The second-order valence-corrected chi connectivity index (χ2v) is 7.18. The Morgan fingerprint density at radius 2 is 1.68 bits per heavy atom. The van der Waals surface area contributed by atoms with Crippen molar-refractivity contribution < 1.29 is 4.74 Å². The molecule has 4 aromatic rings. The third-order valence-corrected chi connectivity index (χ3v) is 5.07. The molecule has 0 aliphatic rings. The molecule has 4 rings (SSSR count). The number of aryl methyl sites for hydroxylation is 2. The summed E-state index contributed by atoms with van der Waals surface area (Å²) in [6, 6.07) is 24.8. The van der Waals surface area contributed by atoms with Crippen molar-refractivity contribution in [3.63, 3.8) is 0 Å². The highest BCUT2D eigenvalue weighted by atomic mass is 16.5. The lowest BCUT2D eigenvalue weighted by Gasteiger charge is -2.12. The summed E-state index contributed by atoms with van der Waals surface area (Å²) in [6.45, 7) is 2.87. The van der Waals surface area contributed by atoms with Crippen LogP contribution in [0.3, 0.4) is 0 Å². The molecule has 28 heavy (non-hydrogen) atoms. The highest BCUT2D eigenvalue weighted by Gasteiger charge is 2.16. The summed E-state index contributed by atoms with van der Waals surface area (Å²) >= 11 is 0. The molecule has 0 saturated heterocycles. The quantitative estimate of drug-likeness (QED) is 0.380. The predicted molar refractivity (Wildman–Crippen MR) is 117 cm³/mol. The Morgan fingerprint density at radius 3 is 2.50 bits per heavy atom. The maximum Gasteiger partial charge on any atom is 0.136 e. The molecular formula is C25H26N2O. The molecule has 0 aliphatic heterocycles. The fourth-order valence-corrected chi connectivity index (χ4v) is 3.67. The number of unbranched alkanes of at least 4 members (excludes halogenated alkanes) is 1. The van der Waals surface area contributed by atoms with E-state index < -0.39 is 0 Å². The molecule has 0 unspecified atom stereocenters. The summed E-state index contributed by atoms with van der Waals surface area (Å²) in [5, 5.41) is 1.29. The van der Waals surface area contributed by atoms with Crippen molar-refractivity contribution in [3.05, 3.63) is 83.9 Å². The van der Waals surface area contributed by atoms with Crippen LogP contribution in [0.2, 0.25) is 0 Å². The number of para-hydroxylation sites is 2. The average molecular weight is 370 g/mol. The fraction of sp³-hybridized carbons (Fsp3) is 0.200. The first-order chi connectivity index (χ1) is 13.8. The zero-order valence-corrected chi connectivity index (χ0v) is 16.2. The van der Waals surface area contributed by atoms with Gasteiger partial charge in [-0.05, 0) is 74.7 Å². The van der Waals surface area contributed by atoms with Crippen LogP contribution >= 0.6 is 0 Å². The first kappa shape index (κ1) is 18.3. The van der Waals surface area contributed by atoms with E-state index in [4.69, 9.17) is 10.5 Å². The van der Waals surface area contributed by atoms with Gasteiger partial charge in [0.1, 0.15) is 11.5 Å². The third-order valence-electron chi connectivity index (χ3n) is 5.07. The number of hydrogen-bond acceptors (Lipinski definition) is 2. The van der Waals surface area contributed by atoms with Gasteiger partial charge in [0.05, 0.1) is 5.69 Å². The molecule has 3 heteroatoms. The summed E-state index contributed by atoms with van der Waals surface area (Å²) in [7, 11) is 0. The third kappa shape index (κ3) is 3.80. The van der Waals surface area contributed by atoms with Crippen molar-refractivity contribution >= 4 is 10.9 Å². The number of aromatic nitrogens is 1. The standard InChI is InChI=1S/C25H26N2O/c1-18-14-15-23-22(17-18)20(11-7-8-16-26)25(27-23)21-12-5-6-13-24(21)28-19-9-3-2-4-10-19/h2-6,9-10,12-15,17,27H,7-8,11,16,26H2,1H3. The molecule has 3 aromatic carbocycles. The Morgan fingerprint density at radius 1 is 0.893 bits per heavy atom. The molecule has 0 radical (unpaired) electrons. The van der Waals surface area contributed by atoms with Gasteiger partial charge in [-0.3, -0.25) is 0 Å². The van der Waals surface area contributed by atoms with E-state index in [-0.39, 0.29) is 0 Å². The minimum atomic E-state index is 0.727. The van der Waals surface area contributed by atoms with Gasteiger partial charge in [-0.25, -0.2) is 0 Å². The molecule has 1 aromatic heterocycles. The number of benzene rings is 3. The lowest BCUT2D eigenvalue weighted by Crippen LogP contribution is -1.99. The number of H-pyrrole nitrogens is 1. The first-order valence-corrected chi connectivity index (χ1v) is 9.90. The number of nitrogens with one attached hydrogen (secondary N) is 1. The van der Waals surface area contributed by atoms with E-state index in [2.05, 4.69) is 42.2 Å². The molecule has 0 atom stereocenters. The second-order valence-electron chi connectivity index (χ2n) is 7.18. The molecule has 1 heterocycles. The van der Waals surface area contributed by atoms with Crippen molar-refractivity contribution in [2.75, 3.05) is 6.54 Å². The van der Waals surface area contributed by atoms with Gasteiger partial charge in [-0.1, -0.05) is 42.0 Å². The van der Waals surface area contributed by atoms with Crippen molar-refractivity contribution in [3.8, 4) is 22.8 Å². The van der Waals surface area contributed by atoms with Gasteiger partial charge >= 0.3 is 0 Å². The van der Waals surface area contributed by atoms with Crippen LogP contribution in [-0.2, 0) is 6.42 Å². The van der Waals surface area contributed by atoms with Gasteiger partial charge in [0.2, 0.25) is 0 Å². The molecule has 3 N–H and O–H groups in total. The molecular weight excluding hydrogens is 344 g/mol. The van der Waals surface area contributed by atoms with Gasteiger partial charge in [0.15, 0.2) is 0 Å². The Balaban J connectivity index is 1.81. The van der Waals surface area contributed by atoms with Gasteiger partial charge in [0.25, 0.3) is 0 Å². The van der Waals surface area contributed by atoms with Crippen molar-refractivity contribution in [2.45, 2.75) is 26.2 Å². The lowest BCUT2D eigenvalue weighted by molar-refractivity contribution is 0.484. The number of hydrogen-bond donors (Lipinski definition) is 2. The Bertz CT molecular complexity index is 1070. The largest absolute Gasteiger partial charge is 0.457 e. The van der Waals surface area contributed by atoms with Crippen molar-refractivity contribution in [1.29, 1.82) is 0 Å². The number of nitrogens with two attached hydrogens (primary N) is 1. The van der Waals surface area contributed by atoms with E-state index in [1.54, 1.807) is 0 Å². The van der Waals surface area contributed by atoms with E-state index in [9.17, 15) is 0 Å². The average Bonchev–Trinajstić information content (AvgIpc) is 3.07. The molecule has 3 nitrogen and oxygen atoms in total. The predicted octanol–water partition coefficient (Wildman–Crippen LogP) is 6.22. The van der Waals surface area contributed by atoms with Crippen LogP contribution in [-0.4, -0.2) is 11.5 Å². The summed E-state index contributed by atoms with van der Waals surface area (Å²) in [5.41, 5.74) is 11.7. The smallest absolute Gasteiger partial charge is 0.136 e. The van der Waals surface area contributed by atoms with E-state index in [0.717, 1.165) is 54.1 Å². The second kappa shape index (κ2) is 8.32. The highest BCUT2D eigenvalue weighted by molar-refractivity contribution is 5.92. The van der Waals surface area contributed by atoms with Gasteiger partial charge in [0, 0.05) is 16.5 Å². The fourth-order valence-electron chi connectivity index (χ4n) is 3.67. The zero-order valence-electron chi connectivity index (χ0n) is 16.2. The van der Waals surface area contributed by atoms with Crippen LogP contribution in [0.25, 0.3) is 22.2 Å². The summed E-state index contributed by atoms with van der Waals surface area (Å²) in [5.74, 6) is 1.70. The minimum absolute atomic E-state index is 0.727. The molecule has 0 spiro atoms. The van der Waals surface area contributed by atoms with E-state index in [1.807, 2.05) is 42.5 Å². The molecule has 0 fully saturated rings. The highest BCUT2D eigenvalue weighted by Crippen LogP contribution is 2.38. The van der Waals surface area contributed by atoms with E-state index in [1.165, 1.54) is 16.5 Å². The van der Waals surface area contributed by atoms with Gasteiger partial charge in [-0.15, -0.1) is 0 Å². The summed E-state index contributed by atoms with van der Waals surface area (Å²) in [6.07, 6.45) is 3.10. The lowest BCUT2D eigenvalue weighted by atomic mass is 9.99. The zero-order chi connectivity index (χ0) is 19.3. The summed E-state index contributed by atoms with van der Waals surface area (Å²) < 4.78 is 6.22. The molecule has 0 saturated carbocycles. The van der Waals surface area contributed by atoms with E-state index in [0.29, 0.717) is 0 Å². The molecule has 0 aliphatic carbocycles. The molecule has 142 valence electrons. The number of fused-ring (bicyclic) bond motifs is 1. The van der Waals surface area contributed by atoms with Crippen LogP contribution in [0.15, 0.2) is 72.8 Å². The Hall–Kier alpha value is -3.04. The normalized spacial score (nSPS) is 11.1. The van der Waals surface area contributed by atoms with Crippen LogP contribution in [0.1, 0.15) is 24.0 Å². The monoisotopic (exact) mass is 370 g/mol. The van der Waals surface area contributed by atoms with E-state index >= 15 is 0 Å². The number of rotatable bonds is 7. The van der Waals surface area contributed by atoms with Crippen LogP contribution in [0.5, 0.6) is 11.5 Å². The molecule has 0 bridgehead atoms. The Kier molecular flexibility index (Phi) is 5.45. The number of aromatic amines is 1. The minimum Gasteiger partial charge on any atom is -0.457 e. The van der Waals surface area contributed by atoms with Crippen LogP contribution in [0.4, 0.5) is 0 Å². The van der Waals surface area contributed by atoms with Crippen LogP contribution < -0.4 is 10.5 Å². The Labute approximate surface area is 166 Å². The maximum absolute atomic E-state index is 6.22. The van der Waals surface area contributed by atoms with Crippen LogP contribution in [0, 0.1) is 6.92 Å². The topological polar surface area (TPSA) is 51.0 Å². The first-order valence-electron chi connectivity index (χ1n) is 9.90. The summed E-state index contributed by atoms with van der Waals surface area (Å²) in [4.78, 5) is 3.65. The SMILES string of the molecule is Cc1ccc2[nH]c(-c3ccccc3Oc3ccccc3)c(CCCCN)c2c1. The maximum atomic E-state index is 6.22. The van der Waals surface area contributed by atoms with Crippen molar-refractivity contribution in [1.82, 2.24) is 4.98 Å². The number of ether oxygens (including phenoxy) is 1. The van der Waals surface area contributed by atoms with Gasteiger partial charge in [-0.2, -0.15) is 0 Å². The van der Waals surface area contributed by atoms with Gasteiger partial charge < -0.3 is 15.5 Å². The van der Waals surface area contributed by atoms with Crippen molar-refractivity contribution in [2.24, 2.45) is 5.73 Å². The molecule has 0 amide bonds.